The molecule has 0 bridgehead atoms. The molecule has 2 N–H and O–H groups in total. The number of benzene rings is 1. The highest BCUT2D eigenvalue weighted by atomic mass is 15.1. The molecule has 1 aliphatic carbocycles. The Morgan fingerprint density at radius 1 is 1.18 bits per heavy atom. The largest absolute Gasteiger partial charge is 0.371 e. The van der Waals surface area contributed by atoms with Crippen molar-refractivity contribution >= 4 is 6.08 Å². The van der Waals surface area contributed by atoms with Crippen LogP contribution < -0.4 is 10.6 Å². The highest BCUT2D eigenvalue weighted by Crippen LogP contribution is 2.22. The van der Waals surface area contributed by atoms with Gasteiger partial charge in [0.15, 0.2) is 0 Å². The van der Waals surface area contributed by atoms with Crippen LogP contribution in [0.15, 0.2) is 60.1 Å². The van der Waals surface area contributed by atoms with Gasteiger partial charge in [0.25, 0.3) is 0 Å². The molecule has 17 heavy (non-hydrogen) atoms. The molecule has 0 aromatic heterocycles. The Kier molecular flexibility index (Phi) is 2.70. The van der Waals surface area contributed by atoms with Crippen molar-refractivity contribution < 1.29 is 0 Å². The quantitative estimate of drug-likeness (QED) is 0.766. The molecule has 2 nitrogen and oxygen atoms in total. The standard InChI is InChI=1S/C15H16N2/c1-2-6-12(7-3-1)10-15-16-11-13-8-4-5-9-14(13)17-15/h1-7,9-10,13,16-17H,8,11H2. The lowest BCUT2D eigenvalue weighted by atomic mass is 9.95. The molecule has 2 aliphatic rings. The van der Waals surface area contributed by atoms with Crippen molar-refractivity contribution in [2.45, 2.75) is 6.42 Å². The maximum absolute atomic E-state index is 3.46. The minimum Gasteiger partial charge on any atom is -0.371 e. The minimum atomic E-state index is 0.605. The Morgan fingerprint density at radius 2 is 2.06 bits per heavy atom. The van der Waals surface area contributed by atoms with E-state index in [4.69, 9.17) is 0 Å². The molecule has 1 aromatic rings. The Bertz CT molecular complexity index is 483. The third-order valence-electron chi connectivity index (χ3n) is 3.20. The fourth-order valence-electron chi connectivity index (χ4n) is 2.25. The van der Waals surface area contributed by atoms with E-state index in [1.165, 1.54) is 11.3 Å². The van der Waals surface area contributed by atoms with Crippen LogP contribution in [0.4, 0.5) is 0 Å². The van der Waals surface area contributed by atoms with E-state index in [9.17, 15) is 0 Å². The minimum absolute atomic E-state index is 0.605. The van der Waals surface area contributed by atoms with Gasteiger partial charge in [0.1, 0.15) is 5.82 Å². The summed E-state index contributed by atoms with van der Waals surface area (Å²) < 4.78 is 0. The predicted molar refractivity (Wildman–Crippen MR) is 70.9 cm³/mol. The van der Waals surface area contributed by atoms with Gasteiger partial charge in [0, 0.05) is 18.2 Å². The monoisotopic (exact) mass is 224 g/mol. The SMILES string of the molecule is C1=CCC2CNC(=Cc3ccccc3)NC2=C1. The number of nitrogens with one attached hydrogen (secondary N) is 2. The maximum Gasteiger partial charge on any atom is 0.103 e. The van der Waals surface area contributed by atoms with Crippen LogP contribution in [0.2, 0.25) is 0 Å². The Hall–Kier alpha value is -1.96. The molecule has 0 spiro atoms. The van der Waals surface area contributed by atoms with Crippen molar-refractivity contribution in [3.63, 3.8) is 0 Å². The Morgan fingerprint density at radius 3 is 2.94 bits per heavy atom. The molecule has 1 saturated heterocycles. The van der Waals surface area contributed by atoms with E-state index in [2.05, 4.69) is 59.2 Å². The first kappa shape index (κ1) is 10.2. The maximum atomic E-state index is 3.46. The van der Waals surface area contributed by atoms with Gasteiger partial charge in [-0.3, -0.25) is 0 Å². The number of allylic oxidation sites excluding steroid dienone is 3. The van der Waals surface area contributed by atoms with Gasteiger partial charge in [0.2, 0.25) is 0 Å². The van der Waals surface area contributed by atoms with Crippen molar-refractivity contribution in [2.75, 3.05) is 6.54 Å². The number of rotatable bonds is 1. The Balaban J connectivity index is 1.80. The highest BCUT2D eigenvalue weighted by Gasteiger charge is 2.20. The zero-order valence-corrected chi connectivity index (χ0v) is 9.69. The van der Waals surface area contributed by atoms with E-state index in [0.717, 1.165) is 18.8 Å². The summed E-state index contributed by atoms with van der Waals surface area (Å²) in [6, 6.07) is 10.4. The van der Waals surface area contributed by atoms with Crippen LogP contribution in [-0.4, -0.2) is 6.54 Å². The van der Waals surface area contributed by atoms with Crippen molar-refractivity contribution in [2.24, 2.45) is 5.92 Å². The molecule has 86 valence electrons. The average Bonchev–Trinajstić information content (AvgIpc) is 2.40. The molecule has 1 aliphatic heterocycles. The van der Waals surface area contributed by atoms with E-state index >= 15 is 0 Å². The smallest absolute Gasteiger partial charge is 0.103 e. The molecule has 1 fully saturated rings. The molecule has 1 aromatic carbocycles. The second-order valence-electron chi connectivity index (χ2n) is 4.46. The molecule has 3 rings (SSSR count). The molecular weight excluding hydrogens is 208 g/mol. The summed E-state index contributed by atoms with van der Waals surface area (Å²) in [7, 11) is 0. The third kappa shape index (κ3) is 2.26. The van der Waals surface area contributed by atoms with Crippen molar-refractivity contribution in [3.8, 4) is 0 Å². The summed E-state index contributed by atoms with van der Waals surface area (Å²) in [6.07, 6.45) is 9.81. The van der Waals surface area contributed by atoms with Crippen molar-refractivity contribution in [1.82, 2.24) is 10.6 Å². The molecular formula is C15H16N2. The zero-order valence-electron chi connectivity index (χ0n) is 9.69. The summed E-state index contributed by atoms with van der Waals surface area (Å²) in [5.41, 5.74) is 2.54. The van der Waals surface area contributed by atoms with E-state index in [-0.39, 0.29) is 0 Å². The molecule has 1 unspecified atom stereocenters. The average molecular weight is 224 g/mol. The second-order valence-corrected chi connectivity index (χ2v) is 4.46. The summed E-state index contributed by atoms with van der Waals surface area (Å²) in [4.78, 5) is 0. The first-order valence-electron chi connectivity index (χ1n) is 6.06. The molecule has 0 saturated carbocycles. The van der Waals surface area contributed by atoms with Gasteiger partial charge >= 0.3 is 0 Å². The zero-order chi connectivity index (χ0) is 11.5. The van der Waals surface area contributed by atoms with Crippen molar-refractivity contribution in [1.29, 1.82) is 0 Å². The second kappa shape index (κ2) is 4.50. The lowest BCUT2D eigenvalue weighted by molar-refractivity contribution is 0.488. The molecule has 0 radical (unpaired) electrons. The summed E-state index contributed by atoms with van der Waals surface area (Å²) in [5, 5.41) is 6.91. The molecule has 2 heteroatoms. The van der Waals surface area contributed by atoms with Crippen LogP contribution in [0.1, 0.15) is 12.0 Å². The lowest BCUT2D eigenvalue weighted by Crippen LogP contribution is -2.40. The first-order valence-corrected chi connectivity index (χ1v) is 6.06. The van der Waals surface area contributed by atoms with Crippen LogP contribution >= 0.6 is 0 Å². The molecule has 0 amide bonds. The van der Waals surface area contributed by atoms with Crippen LogP contribution in [0.5, 0.6) is 0 Å². The van der Waals surface area contributed by atoms with E-state index < -0.39 is 0 Å². The third-order valence-corrected chi connectivity index (χ3v) is 3.20. The van der Waals surface area contributed by atoms with Crippen LogP contribution in [0.3, 0.4) is 0 Å². The molecule has 1 atom stereocenters. The van der Waals surface area contributed by atoms with E-state index in [1.54, 1.807) is 0 Å². The van der Waals surface area contributed by atoms with Crippen LogP contribution in [0, 0.1) is 5.92 Å². The molecule has 1 heterocycles. The first-order chi connectivity index (χ1) is 8.42. The van der Waals surface area contributed by atoms with Crippen molar-refractivity contribution in [3.05, 3.63) is 65.6 Å². The fourth-order valence-corrected chi connectivity index (χ4v) is 2.25. The highest BCUT2D eigenvalue weighted by molar-refractivity contribution is 5.53. The van der Waals surface area contributed by atoms with Gasteiger partial charge in [-0.1, -0.05) is 42.5 Å². The summed E-state index contributed by atoms with van der Waals surface area (Å²) in [5.74, 6) is 1.70. The van der Waals surface area contributed by atoms with Crippen LogP contribution in [-0.2, 0) is 0 Å². The topological polar surface area (TPSA) is 24.1 Å². The van der Waals surface area contributed by atoms with Crippen LogP contribution in [0.25, 0.3) is 6.08 Å². The van der Waals surface area contributed by atoms with Gasteiger partial charge in [-0.05, 0) is 24.1 Å². The van der Waals surface area contributed by atoms with Gasteiger partial charge in [-0.25, -0.2) is 0 Å². The fraction of sp³-hybridized carbons (Fsp3) is 0.200. The van der Waals surface area contributed by atoms with Gasteiger partial charge in [0.05, 0.1) is 0 Å². The van der Waals surface area contributed by atoms with E-state index in [1.807, 2.05) is 6.07 Å². The van der Waals surface area contributed by atoms with E-state index in [0.29, 0.717) is 5.92 Å². The Labute approximate surface area is 102 Å². The normalized spacial score (nSPS) is 24.6. The lowest BCUT2D eigenvalue weighted by Gasteiger charge is -2.31. The predicted octanol–water partition coefficient (Wildman–Crippen LogP) is 2.64. The summed E-state index contributed by atoms with van der Waals surface area (Å²) >= 11 is 0. The number of hydrogen-bond donors (Lipinski definition) is 2. The summed E-state index contributed by atoms with van der Waals surface area (Å²) in [6.45, 7) is 1.02. The van der Waals surface area contributed by atoms with Gasteiger partial charge in [-0.2, -0.15) is 0 Å². The number of fused-ring (bicyclic) bond motifs is 1. The van der Waals surface area contributed by atoms with Gasteiger partial charge in [-0.15, -0.1) is 0 Å². The van der Waals surface area contributed by atoms with Gasteiger partial charge < -0.3 is 10.6 Å². The number of hydrogen-bond acceptors (Lipinski definition) is 2.